The van der Waals surface area contributed by atoms with Crippen LogP contribution in [0.1, 0.15) is 0 Å². The topological polar surface area (TPSA) is 65.1 Å². The molecule has 0 aromatic rings. The molecule has 2 amide bonds. The van der Waals surface area contributed by atoms with Crippen LogP contribution in [0.2, 0.25) is 0 Å². The first kappa shape index (κ1) is 18.0. The normalized spacial score (nSPS) is 24.0. The summed E-state index contributed by atoms with van der Waals surface area (Å²) in [6.07, 6.45) is -2.46. The van der Waals surface area contributed by atoms with Crippen molar-refractivity contribution in [1.29, 1.82) is 0 Å². The molecule has 132 valence electrons. The van der Waals surface area contributed by atoms with Crippen LogP contribution in [0.5, 0.6) is 0 Å². The predicted octanol–water partition coefficient (Wildman–Crippen LogP) is -1.16. The summed E-state index contributed by atoms with van der Waals surface area (Å²) in [5.41, 5.74) is 0. The van der Waals surface area contributed by atoms with Crippen LogP contribution in [-0.4, -0.2) is 105 Å². The van der Waals surface area contributed by atoms with Gasteiger partial charge in [-0.3, -0.25) is 19.4 Å². The number of morpholine rings is 1. The summed E-state index contributed by atoms with van der Waals surface area (Å²) in [5, 5.41) is 2.57. The maximum atomic E-state index is 12.7. The van der Waals surface area contributed by atoms with Crippen LogP contribution in [-0.2, 0) is 14.3 Å². The number of hydrogen-bond donors (Lipinski definition) is 1. The molecular formula is C14H24F2N4O3. The molecule has 2 heterocycles. The van der Waals surface area contributed by atoms with Gasteiger partial charge in [0.1, 0.15) is 6.04 Å². The zero-order valence-electron chi connectivity index (χ0n) is 13.3. The number of piperazine rings is 1. The second-order valence-electron chi connectivity index (χ2n) is 5.75. The third-order valence-electron chi connectivity index (χ3n) is 4.23. The van der Waals surface area contributed by atoms with Gasteiger partial charge in [0.25, 0.3) is 6.43 Å². The Bertz CT molecular complexity index is 417. The minimum absolute atomic E-state index is 0.0615. The maximum absolute atomic E-state index is 12.7. The maximum Gasteiger partial charge on any atom is 0.251 e. The third kappa shape index (κ3) is 5.08. The largest absolute Gasteiger partial charge is 0.378 e. The Balaban J connectivity index is 1.86. The number of likely N-dealkylation sites (N-methyl/N-ethyl adjacent to an activating group) is 1. The molecule has 0 radical (unpaired) electrons. The van der Waals surface area contributed by atoms with Crippen LogP contribution in [0, 0.1) is 0 Å². The second-order valence-corrected chi connectivity index (χ2v) is 5.75. The highest BCUT2D eigenvalue weighted by molar-refractivity contribution is 5.82. The number of carbonyl (C=O) groups excluding carboxylic acids is 2. The molecule has 0 bridgehead atoms. The van der Waals surface area contributed by atoms with Gasteiger partial charge in [-0.2, -0.15) is 0 Å². The van der Waals surface area contributed by atoms with Gasteiger partial charge in [0, 0.05) is 39.8 Å². The Morgan fingerprint density at radius 1 is 1.22 bits per heavy atom. The zero-order valence-corrected chi connectivity index (χ0v) is 13.3. The lowest BCUT2D eigenvalue weighted by molar-refractivity contribution is -0.146. The number of amides is 2. The monoisotopic (exact) mass is 334 g/mol. The molecule has 1 atom stereocenters. The van der Waals surface area contributed by atoms with E-state index in [0.717, 1.165) is 0 Å². The van der Waals surface area contributed by atoms with E-state index in [1.807, 2.05) is 4.90 Å². The predicted molar refractivity (Wildman–Crippen MR) is 79.3 cm³/mol. The molecule has 1 N–H and O–H groups in total. The van der Waals surface area contributed by atoms with Crippen LogP contribution in [0.25, 0.3) is 0 Å². The summed E-state index contributed by atoms with van der Waals surface area (Å²) in [6, 6.07) is -0.636. The second kappa shape index (κ2) is 8.51. The summed E-state index contributed by atoms with van der Waals surface area (Å²) >= 11 is 0. The first-order chi connectivity index (χ1) is 11.0. The molecule has 7 nitrogen and oxygen atoms in total. The number of nitrogens with one attached hydrogen (secondary N) is 1. The van der Waals surface area contributed by atoms with Gasteiger partial charge in [-0.25, -0.2) is 8.78 Å². The lowest BCUT2D eigenvalue weighted by Gasteiger charge is -2.40. The van der Waals surface area contributed by atoms with Crippen molar-refractivity contribution >= 4 is 11.8 Å². The SMILES string of the molecule is CNC(=O)CN1CCN(C(=O)[C@H]2COCCN2CC(F)F)CC1. The first-order valence-electron chi connectivity index (χ1n) is 7.83. The van der Waals surface area contributed by atoms with Gasteiger partial charge in [-0.15, -0.1) is 0 Å². The van der Waals surface area contributed by atoms with Crippen LogP contribution < -0.4 is 5.32 Å². The van der Waals surface area contributed by atoms with Crippen LogP contribution in [0.4, 0.5) is 8.78 Å². The molecular weight excluding hydrogens is 310 g/mol. The molecule has 2 rings (SSSR count). The zero-order chi connectivity index (χ0) is 16.8. The van der Waals surface area contributed by atoms with E-state index in [9.17, 15) is 18.4 Å². The van der Waals surface area contributed by atoms with Crippen LogP contribution in [0.3, 0.4) is 0 Å². The number of ether oxygens (including phenoxy) is 1. The lowest BCUT2D eigenvalue weighted by Crippen LogP contribution is -2.59. The molecule has 2 aliphatic rings. The molecule has 2 saturated heterocycles. The summed E-state index contributed by atoms with van der Waals surface area (Å²) in [7, 11) is 1.59. The Labute approximate surface area is 134 Å². The van der Waals surface area contributed by atoms with Gasteiger partial charge in [0.15, 0.2) is 0 Å². The van der Waals surface area contributed by atoms with Gasteiger partial charge in [-0.1, -0.05) is 0 Å². The van der Waals surface area contributed by atoms with Crippen LogP contribution >= 0.6 is 0 Å². The number of carbonyl (C=O) groups is 2. The van der Waals surface area contributed by atoms with Gasteiger partial charge in [0.2, 0.25) is 11.8 Å². The highest BCUT2D eigenvalue weighted by Crippen LogP contribution is 2.14. The van der Waals surface area contributed by atoms with E-state index >= 15 is 0 Å². The first-order valence-corrected chi connectivity index (χ1v) is 7.83. The molecule has 2 aliphatic heterocycles. The fourth-order valence-corrected chi connectivity index (χ4v) is 2.88. The van der Waals surface area contributed by atoms with Crippen molar-refractivity contribution in [2.24, 2.45) is 0 Å². The van der Waals surface area contributed by atoms with Gasteiger partial charge >= 0.3 is 0 Å². The lowest BCUT2D eigenvalue weighted by atomic mass is 10.1. The van der Waals surface area contributed by atoms with Crippen molar-refractivity contribution in [1.82, 2.24) is 20.0 Å². The van der Waals surface area contributed by atoms with E-state index in [2.05, 4.69) is 5.32 Å². The van der Waals surface area contributed by atoms with Gasteiger partial charge < -0.3 is 15.0 Å². The molecule has 9 heteroatoms. The van der Waals surface area contributed by atoms with Crippen molar-refractivity contribution in [3.05, 3.63) is 0 Å². The Kier molecular flexibility index (Phi) is 6.67. The average molecular weight is 334 g/mol. The summed E-state index contributed by atoms with van der Waals surface area (Å²) < 4.78 is 30.6. The molecule has 0 spiro atoms. The molecule has 0 aromatic carbocycles. The van der Waals surface area contributed by atoms with Crippen molar-refractivity contribution in [2.75, 3.05) is 66.1 Å². The fraction of sp³-hybridized carbons (Fsp3) is 0.857. The summed E-state index contributed by atoms with van der Waals surface area (Å²) in [4.78, 5) is 29.1. The third-order valence-corrected chi connectivity index (χ3v) is 4.23. The number of hydrogen-bond acceptors (Lipinski definition) is 5. The number of rotatable bonds is 5. The number of halogens is 2. The van der Waals surface area contributed by atoms with Crippen molar-refractivity contribution in [3.63, 3.8) is 0 Å². The van der Waals surface area contributed by atoms with E-state index in [4.69, 9.17) is 4.74 Å². The van der Waals surface area contributed by atoms with Gasteiger partial charge in [0.05, 0.1) is 26.3 Å². The van der Waals surface area contributed by atoms with E-state index in [0.29, 0.717) is 45.9 Å². The smallest absolute Gasteiger partial charge is 0.251 e. The number of nitrogens with zero attached hydrogens (tertiary/aromatic N) is 3. The minimum atomic E-state index is -2.46. The molecule has 0 saturated carbocycles. The Morgan fingerprint density at radius 3 is 2.52 bits per heavy atom. The number of alkyl halides is 2. The molecule has 23 heavy (non-hydrogen) atoms. The average Bonchev–Trinajstić information content (AvgIpc) is 2.55. The van der Waals surface area contributed by atoms with Crippen molar-refractivity contribution in [2.45, 2.75) is 12.5 Å². The van der Waals surface area contributed by atoms with E-state index < -0.39 is 19.0 Å². The Morgan fingerprint density at radius 2 is 1.91 bits per heavy atom. The summed E-state index contributed by atoms with van der Waals surface area (Å²) in [5.74, 6) is -0.224. The standard InChI is InChI=1S/C14H24F2N4O3/c1-17-13(21)9-18-2-4-19(5-3-18)14(22)11-10-23-7-6-20(11)8-12(15)16/h11-12H,2-10H2,1H3,(H,17,21)/t11-/m1/s1. The molecule has 0 aromatic heterocycles. The van der Waals surface area contributed by atoms with Crippen molar-refractivity contribution in [3.8, 4) is 0 Å². The molecule has 2 fully saturated rings. The van der Waals surface area contributed by atoms with Gasteiger partial charge in [-0.05, 0) is 0 Å². The highest BCUT2D eigenvalue weighted by Gasteiger charge is 2.35. The minimum Gasteiger partial charge on any atom is -0.378 e. The molecule has 0 unspecified atom stereocenters. The van der Waals surface area contributed by atoms with Crippen LogP contribution in [0.15, 0.2) is 0 Å². The Hall–Kier alpha value is -1.32. The van der Waals surface area contributed by atoms with E-state index in [1.165, 1.54) is 4.90 Å². The van der Waals surface area contributed by atoms with E-state index in [-0.39, 0.29) is 18.4 Å². The van der Waals surface area contributed by atoms with Crippen molar-refractivity contribution < 1.29 is 23.1 Å². The molecule has 0 aliphatic carbocycles. The van der Waals surface area contributed by atoms with E-state index in [1.54, 1.807) is 11.9 Å². The fourth-order valence-electron chi connectivity index (χ4n) is 2.88. The summed E-state index contributed by atoms with van der Waals surface area (Å²) in [6.45, 7) is 2.96. The highest BCUT2D eigenvalue weighted by atomic mass is 19.3. The quantitative estimate of drug-likeness (QED) is 0.687.